The fraction of sp³-hybridized carbons (Fsp3) is 0.625. The van der Waals surface area contributed by atoms with E-state index < -0.39 is 0 Å². The van der Waals surface area contributed by atoms with Gasteiger partial charge in [0.25, 0.3) is 0 Å². The summed E-state index contributed by atoms with van der Waals surface area (Å²) in [4.78, 5) is 2.53. The monoisotopic (exact) mass is 348 g/mol. The molecule has 1 aliphatic heterocycles. The van der Waals surface area contributed by atoms with Gasteiger partial charge < -0.3 is 15.2 Å². The molecule has 0 spiro atoms. The quantitative estimate of drug-likeness (QED) is 0.877. The lowest BCUT2D eigenvalue weighted by atomic mass is 9.76. The average molecular weight is 349 g/mol. The van der Waals surface area contributed by atoms with Gasteiger partial charge in [0.2, 0.25) is 0 Å². The molecule has 1 aromatic carbocycles. The molecule has 1 saturated heterocycles. The van der Waals surface area contributed by atoms with E-state index in [4.69, 9.17) is 4.74 Å². The molecule has 6 heteroatoms. The maximum absolute atomic E-state index is 10.4. The lowest BCUT2D eigenvalue weighted by Crippen LogP contribution is -2.47. The van der Waals surface area contributed by atoms with Crippen LogP contribution in [0.3, 0.4) is 0 Å². The second-order valence-corrected chi connectivity index (χ2v) is 5.85. The van der Waals surface area contributed by atoms with Gasteiger partial charge in [-0.25, -0.2) is 0 Å². The minimum Gasteiger partial charge on any atom is -0.507 e. The fourth-order valence-electron chi connectivity index (χ4n) is 3.37. The van der Waals surface area contributed by atoms with Crippen molar-refractivity contribution in [1.29, 1.82) is 0 Å². The molecule has 0 bridgehead atoms. The van der Waals surface area contributed by atoms with E-state index in [0.29, 0.717) is 17.7 Å². The number of phenolic OH excluding ortho intramolecular Hbond substituents is 1. The van der Waals surface area contributed by atoms with E-state index in [1.165, 1.54) is 19.3 Å². The number of halogens is 2. The van der Waals surface area contributed by atoms with Crippen LogP contribution in [0.5, 0.6) is 11.5 Å². The normalized spacial score (nSPS) is 20.2. The van der Waals surface area contributed by atoms with E-state index in [1.54, 1.807) is 13.2 Å². The van der Waals surface area contributed by atoms with E-state index in [2.05, 4.69) is 10.2 Å². The first kappa shape index (κ1) is 19.4. The summed E-state index contributed by atoms with van der Waals surface area (Å²) in [5.74, 6) is 1.78. The zero-order valence-electron chi connectivity index (χ0n) is 13.0. The first-order chi connectivity index (χ1) is 9.79. The van der Waals surface area contributed by atoms with Gasteiger partial charge in [0, 0.05) is 43.9 Å². The molecule has 2 N–H and O–H groups in total. The van der Waals surface area contributed by atoms with Crippen molar-refractivity contribution >= 4 is 24.8 Å². The number of aromatic hydroxyl groups is 1. The number of piperazine rings is 1. The Morgan fingerprint density at radius 1 is 1.23 bits per heavy atom. The van der Waals surface area contributed by atoms with Crippen molar-refractivity contribution in [3.8, 4) is 11.5 Å². The fourth-order valence-corrected chi connectivity index (χ4v) is 3.37. The molecule has 0 unspecified atom stereocenters. The van der Waals surface area contributed by atoms with Crippen LogP contribution in [0.25, 0.3) is 0 Å². The summed E-state index contributed by atoms with van der Waals surface area (Å²) >= 11 is 0. The molecule has 0 radical (unpaired) electrons. The number of ether oxygens (including phenoxy) is 1. The van der Waals surface area contributed by atoms with Gasteiger partial charge >= 0.3 is 0 Å². The zero-order chi connectivity index (χ0) is 13.9. The molecule has 0 amide bonds. The van der Waals surface area contributed by atoms with Crippen molar-refractivity contribution < 1.29 is 9.84 Å². The Balaban J connectivity index is 0.00000121. The molecule has 126 valence electrons. The predicted molar refractivity (Wildman–Crippen MR) is 93.7 cm³/mol. The van der Waals surface area contributed by atoms with E-state index in [0.717, 1.165) is 37.5 Å². The number of methoxy groups -OCH3 is 1. The largest absolute Gasteiger partial charge is 0.507 e. The summed E-state index contributed by atoms with van der Waals surface area (Å²) in [7, 11) is 1.63. The molecule has 1 atom stereocenters. The van der Waals surface area contributed by atoms with Crippen LogP contribution in [-0.4, -0.2) is 43.3 Å². The minimum atomic E-state index is 0. The molecule has 3 rings (SSSR count). The molecule has 22 heavy (non-hydrogen) atoms. The third-order valence-electron chi connectivity index (χ3n) is 4.70. The first-order valence-corrected chi connectivity index (χ1v) is 7.61. The van der Waals surface area contributed by atoms with Gasteiger partial charge in [0.05, 0.1) is 7.11 Å². The van der Waals surface area contributed by atoms with Crippen LogP contribution < -0.4 is 10.1 Å². The van der Waals surface area contributed by atoms with Gasteiger partial charge in [0.1, 0.15) is 11.5 Å². The lowest BCUT2D eigenvalue weighted by molar-refractivity contribution is 0.0819. The van der Waals surface area contributed by atoms with Crippen LogP contribution in [0, 0.1) is 5.92 Å². The Kier molecular flexibility index (Phi) is 7.77. The summed E-state index contributed by atoms with van der Waals surface area (Å²) in [6, 6.07) is 6.10. The van der Waals surface area contributed by atoms with Gasteiger partial charge in [-0.15, -0.1) is 24.8 Å². The highest BCUT2D eigenvalue weighted by atomic mass is 35.5. The SMILES string of the molecule is COc1ccc([C@H](C2CCC2)N2CCNCC2)c(O)c1.Cl.Cl. The molecule has 1 saturated carbocycles. The van der Waals surface area contributed by atoms with Crippen LogP contribution in [0.1, 0.15) is 30.9 Å². The number of hydrogen-bond donors (Lipinski definition) is 2. The Hall–Kier alpha value is -0.680. The van der Waals surface area contributed by atoms with Crippen LogP contribution in [-0.2, 0) is 0 Å². The average Bonchev–Trinajstić information content (AvgIpc) is 2.44. The second kappa shape index (κ2) is 8.82. The van der Waals surface area contributed by atoms with Crippen molar-refractivity contribution in [2.75, 3.05) is 33.3 Å². The van der Waals surface area contributed by atoms with Crippen molar-refractivity contribution in [1.82, 2.24) is 10.2 Å². The summed E-state index contributed by atoms with van der Waals surface area (Å²) in [6.07, 6.45) is 3.88. The van der Waals surface area contributed by atoms with Crippen molar-refractivity contribution in [2.24, 2.45) is 5.92 Å². The van der Waals surface area contributed by atoms with Gasteiger partial charge in [0.15, 0.2) is 0 Å². The second-order valence-electron chi connectivity index (χ2n) is 5.85. The Morgan fingerprint density at radius 2 is 1.91 bits per heavy atom. The van der Waals surface area contributed by atoms with Crippen LogP contribution in [0.15, 0.2) is 18.2 Å². The van der Waals surface area contributed by atoms with Crippen LogP contribution in [0.4, 0.5) is 0 Å². The molecule has 4 nitrogen and oxygen atoms in total. The van der Waals surface area contributed by atoms with Crippen molar-refractivity contribution in [3.05, 3.63) is 23.8 Å². The highest BCUT2D eigenvalue weighted by Crippen LogP contribution is 2.44. The Morgan fingerprint density at radius 3 is 2.41 bits per heavy atom. The van der Waals surface area contributed by atoms with Gasteiger partial charge in [-0.1, -0.05) is 12.5 Å². The number of phenols is 1. The maximum atomic E-state index is 10.4. The first-order valence-electron chi connectivity index (χ1n) is 7.61. The standard InChI is InChI=1S/C16H24N2O2.2ClH/c1-20-13-5-6-14(15(19)11-13)16(12-3-2-4-12)18-9-7-17-8-10-18;;/h5-6,11-12,16-17,19H,2-4,7-10H2,1H3;2*1H/t16-;;/m0../s1. The highest BCUT2D eigenvalue weighted by molar-refractivity contribution is 5.85. The van der Waals surface area contributed by atoms with Crippen molar-refractivity contribution in [3.63, 3.8) is 0 Å². The van der Waals surface area contributed by atoms with Gasteiger partial charge in [-0.2, -0.15) is 0 Å². The van der Waals surface area contributed by atoms with E-state index in [1.807, 2.05) is 12.1 Å². The summed E-state index contributed by atoms with van der Waals surface area (Å²) in [6.45, 7) is 4.21. The highest BCUT2D eigenvalue weighted by Gasteiger charge is 2.34. The number of benzene rings is 1. The molecule has 2 fully saturated rings. The number of hydrogen-bond acceptors (Lipinski definition) is 4. The Labute approximate surface area is 145 Å². The molecule has 0 aromatic heterocycles. The van der Waals surface area contributed by atoms with E-state index >= 15 is 0 Å². The van der Waals surface area contributed by atoms with Gasteiger partial charge in [-0.05, 0) is 24.8 Å². The Bertz CT molecular complexity index is 463. The van der Waals surface area contributed by atoms with Crippen LogP contribution >= 0.6 is 24.8 Å². The molecule has 2 aliphatic rings. The number of nitrogens with zero attached hydrogens (tertiary/aromatic N) is 1. The molecular weight excluding hydrogens is 323 g/mol. The molecule has 1 heterocycles. The van der Waals surface area contributed by atoms with E-state index in [-0.39, 0.29) is 24.8 Å². The van der Waals surface area contributed by atoms with Crippen LogP contribution in [0.2, 0.25) is 0 Å². The molecule has 1 aliphatic carbocycles. The summed E-state index contributed by atoms with van der Waals surface area (Å²) in [5.41, 5.74) is 1.07. The van der Waals surface area contributed by atoms with Gasteiger partial charge in [-0.3, -0.25) is 4.90 Å². The minimum absolute atomic E-state index is 0. The lowest BCUT2D eigenvalue weighted by Gasteiger charge is -2.43. The number of nitrogens with one attached hydrogen (secondary N) is 1. The third-order valence-corrected chi connectivity index (χ3v) is 4.70. The van der Waals surface area contributed by atoms with Crippen molar-refractivity contribution in [2.45, 2.75) is 25.3 Å². The van der Waals surface area contributed by atoms with E-state index in [9.17, 15) is 5.11 Å². The number of rotatable bonds is 4. The zero-order valence-corrected chi connectivity index (χ0v) is 14.6. The smallest absolute Gasteiger partial charge is 0.124 e. The third kappa shape index (κ3) is 3.99. The predicted octanol–water partition coefficient (Wildman–Crippen LogP) is 2.99. The molecule has 1 aromatic rings. The summed E-state index contributed by atoms with van der Waals surface area (Å²) in [5, 5.41) is 13.8. The topological polar surface area (TPSA) is 44.7 Å². The maximum Gasteiger partial charge on any atom is 0.124 e. The molecular formula is C16H26Cl2N2O2. The summed E-state index contributed by atoms with van der Waals surface area (Å²) < 4.78 is 5.19.